The van der Waals surface area contributed by atoms with Gasteiger partial charge in [0.25, 0.3) is 6.47 Å². The fourth-order valence-corrected chi connectivity index (χ4v) is 2.49. The molecule has 1 heterocycles. The minimum atomic E-state index is 0.365. The lowest BCUT2D eigenvalue weighted by Gasteiger charge is -2.05. The van der Waals surface area contributed by atoms with E-state index in [0.717, 1.165) is 11.6 Å². The highest BCUT2D eigenvalue weighted by molar-refractivity contribution is 7.98. The summed E-state index contributed by atoms with van der Waals surface area (Å²) in [5.41, 5.74) is 1.01. The highest BCUT2D eigenvalue weighted by Gasteiger charge is 2.11. The molecule has 0 aromatic heterocycles. The number of carbonyl (C=O) groups is 1. The van der Waals surface area contributed by atoms with Gasteiger partial charge in [-0.1, -0.05) is 30.3 Å². The molecule has 0 unspecified atom stereocenters. The average molecular weight is 267 g/mol. The van der Waals surface area contributed by atoms with E-state index < -0.39 is 0 Å². The van der Waals surface area contributed by atoms with Crippen LogP contribution < -0.4 is 5.32 Å². The molecule has 0 saturated carbocycles. The van der Waals surface area contributed by atoms with Gasteiger partial charge in [0.15, 0.2) is 0 Å². The molecule has 1 N–H and O–H groups in total. The van der Waals surface area contributed by atoms with Crippen molar-refractivity contribution in [2.75, 3.05) is 18.6 Å². The van der Waals surface area contributed by atoms with E-state index in [9.17, 15) is 4.79 Å². The van der Waals surface area contributed by atoms with Crippen LogP contribution in [0, 0.1) is 0 Å². The van der Waals surface area contributed by atoms with Gasteiger partial charge in [-0.25, -0.2) is 0 Å². The van der Waals surface area contributed by atoms with E-state index in [1.807, 2.05) is 42.1 Å². The summed E-state index contributed by atoms with van der Waals surface area (Å²) in [5, 5.41) is 3.44. The maximum atomic E-state index is 9.76. The van der Waals surface area contributed by atoms with Crippen LogP contribution in [-0.4, -0.2) is 31.1 Å². The zero-order valence-corrected chi connectivity index (χ0v) is 11.6. The van der Waals surface area contributed by atoms with Gasteiger partial charge in [0, 0.05) is 11.8 Å². The molecular weight excluding hydrogens is 246 g/mol. The highest BCUT2D eigenvalue weighted by Crippen LogP contribution is 2.08. The van der Waals surface area contributed by atoms with Crippen LogP contribution in [0.15, 0.2) is 30.3 Å². The summed E-state index contributed by atoms with van der Waals surface area (Å²) >= 11 is 1.94. The Balaban J connectivity index is 0.000000184. The number of ether oxygens (including phenoxy) is 1. The van der Waals surface area contributed by atoms with E-state index in [-0.39, 0.29) is 0 Å². The topological polar surface area (TPSA) is 38.3 Å². The summed E-state index contributed by atoms with van der Waals surface area (Å²) < 4.78 is 4.54. The van der Waals surface area contributed by atoms with Gasteiger partial charge in [-0.3, -0.25) is 4.79 Å². The van der Waals surface area contributed by atoms with Crippen molar-refractivity contribution in [3.05, 3.63) is 35.9 Å². The molecule has 0 bridgehead atoms. The Morgan fingerprint density at radius 3 is 2.78 bits per heavy atom. The lowest BCUT2D eigenvalue weighted by atomic mass is 10.2. The molecule has 1 aromatic rings. The van der Waals surface area contributed by atoms with Crippen molar-refractivity contribution in [2.45, 2.75) is 25.5 Å². The first-order valence-electron chi connectivity index (χ1n) is 6.18. The molecule has 2 rings (SSSR count). The third-order valence-electron chi connectivity index (χ3n) is 2.69. The zero-order chi connectivity index (χ0) is 13.1. The van der Waals surface area contributed by atoms with E-state index in [0.29, 0.717) is 13.1 Å². The second-order valence-electron chi connectivity index (χ2n) is 4.14. The Morgan fingerprint density at radius 1 is 1.44 bits per heavy atom. The van der Waals surface area contributed by atoms with Crippen molar-refractivity contribution < 1.29 is 9.53 Å². The third kappa shape index (κ3) is 6.67. The maximum Gasteiger partial charge on any atom is 0.293 e. The fraction of sp³-hybridized carbons (Fsp3) is 0.500. The van der Waals surface area contributed by atoms with Crippen molar-refractivity contribution in [3.8, 4) is 0 Å². The second kappa shape index (κ2) is 9.97. The van der Waals surface area contributed by atoms with Gasteiger partial charge in [0.1, 0.15) is 6.61 Å². The van der Waals surface area contributed by atoms with Gasteiger partial charge < -0.3 is 10.1 Å². The number of hydrogen-bond donors (Lipinski definition) is 1. The molecule has 3 nitrogen and oxygen atoms in total. The smallest absolute Gasteiger partial charge is 0.293 e. The van der Waals surface area contributed by atoms with E-state index in [4.69, 9.17) is 0 Å². The molecule has 4 heteroatoms. The Labute approximate surface area is 113 Å². The van der Waals surface area contributed by atoms with E-state index in [2.05, 4.69) is 16.3 Å². The molecule has 1 saturated heterocycles. The molecule has 1 aliphatic rings. The Kier molecular flexibility index (Phi) is 8.34. The summed E-state index contributed by atoms with van der Waals surface area (Å²) in [6.07, 6.45) is 4.94. The van der Waals surface area contributed by atoms with Gasteiger partial charge in [0.05, 0.1) is 0 Å². The molecule has 1 aliphatic heterocycles. The first kappa shape index (κ1) is 15.1. The van der Waals surface area contributed by atoms with Gasteiger partial charge >= 0.3 is 0 Å². The summed E-state index contributed by atoms with van der Waals surface area (Å²) in [7, 11) is 0. The van der Waals surface area contributed by atoms with Crippen LogP contribution in [0.1, 0.15) is 18.4 Å². The molecule has 18 heavy (non-hydrogen) atoms. The zero-order valence-electron chi connectivity index (χ0n) is 10.8. The first-order valence-corrected chi connectivity index (χ1v) is 7.57. The van der Waals surface area contributed by atoms with E-state index >= 15 is 0 Å². The predicted molar refractivity (Wildman–Crippen MR) is 76.7 cm³/mol. The molecule has 0 radical (unpaired) electrons. The Bertz CT molecular complexity index is 313. The van der Waals surface area contributed by atoms with Crippen LogP contribution in [0.25, 0.3) is 0 Å². The quantitative estimate of drug-likeness (QED) is 0.832. The second-order valence-corrected chi connectivity index (χ2v) is 5.05. The van der Waals surface area contributed by atoms with Gasteiger partial charge in [-0.05, 0) is 31.2 Å². The monoisotopic (exact) mass is 267 g/mol. The number of rotatable bonds is 5. The van der Waals surface area contributed by atoms with Crippen molar-refractivity contribution in [2.24, 2.45) is 0 Å². The van der Waals surface area contributed by atoms with E-state index in [1.54, 1.807) is 0 Å². The van der Waals surface area contributed by atoms with Crippen molar-refractivity contribution >= 4 is 18.2 Å². The molecule has 1 atom stereocenters. The van der Waals surface area contributed by atoms with Crippen LogP contribution in [0.4, 0.5) is 0 Å². The van der Waals surface area contributed by atoms with Crippen LogP contribution >= 0.6 is 11.8 Å². The molecule has 0 spiro atoms. The Morgan fingerprint density at radius 2 is 2.22 bits per heavy atom. The Hall–Kier alpha value is -1.00. The summed E-state index contributed by atoms with van der Waals surface area (Å²) in [4.78, 5) is 9.76. The molecule has 1 aromatic carbocycles. The normalized spacial score (nSPS) is 17.7. The first-order chi connectivity index (χ1) is 8.86. The van der Waals surface area contributed by atoms with Gasteiger partial charge in [-0.15, -0.1) is 0 Å². The molecule has 0 amide bonds. The van der Waals surface area contributed by atoms with Crippen LogP contribution in [0.2, 0.25) is 0 Å². The maximum absolute atomic E-state index is 9.76. The number of thioether (sulfide) groups is 1. The van der Waals surface area contributed by atoms with Gasteiger partial charge in [-0.2, -0.15) is 11.8 Å². The predicted octanol–water partition coefficient (Wildman–Crippen LogP) is 2.46. The molecular formula is C14H21NO2S. The third-order valence-corrected chi connectivity index (χ3v) is 3.43. The molecule has 100 valence electrons. The van der Waals surface area contributed by atoms with Crippen molar-refractivity contribution in [1.82, 2.24) is 5.32 Å². The molecule has 0 aliphatic carbocycles. The van der Waals surface area contributed by atoms with Crippen molar-refractivity contribution in [3.63, 3.8) is 0 Å². The minimum absolute atomic E-state index is 0.365. The number of hydrogen-bond acceptors (Lipinski definition) is 4. The lowest BCUT2D eigenvalue weighted by Crippen LogP contribution is -2.23. The average Bonchev–Trinajstić information content (AvgIpc) is 2.92. The van der Waals surface area contributed by atoms with Crippen LogP contribution in [-0.2, 0) is 16.1 Å². The summed E-state index contributed by atoms with van der Waals surface area (Å²) in [6.45, 7) is 2.06. The fourth-order valence-electron chi connectivity index (χ4n) is 1.80. The molecule has 1 fully saturated rings. The minimum Gasteiger partial charge on any atom is -0.463 e. The lowest BCUT2D eigenvalue weighted by molar-refractivity contribution is -0.129. The van der Waals surface area contributed by atoms with Gasteiger partial charge in [0.2, 0.25) is 0 Å². The van der Waals surface area contributed by atoms with Crippen LogP contribution in [0.5, 0.6) is 0 Å². The standard InChI is InChI=1S/C8H8O2.C6H13NS/c9-7-10-6-8-4-2-1-3-5-8;1-8-5-6-3-2-4-7-6/h1-5,7H,6H2;6-7H,2-5H2,1H3/t;6-/m.0/s1. The largest absolute Gasteiger partial charge is 0.463 e. The highest BCUT2D eigenvalue weighted by atomic mass is 32.2. The summed E-state index contributed by atoms with van der Waals surface area (Å²) in [6, 6.07) is 10.4. The summed E-state index contributed by atoms with van der Waals surface area (Å²) in [5.74, 6) is 1.29. The SMILES string of the molecule is CSC[C@@H]1CCCN1.O=COCc1ccccc1. The van der Waals surface area contributed by atoms with Crippen molar-refractivity contribution in [1.29, 1.82) is 0 Å². The number of benzene rings is 1. The number of nitrogens with one attached hydrogen (secondary N) is 1. The van der Waals surface area contributed by atoms with E-state index in [1.165, 1.54) is 25.1 Å². The number of carbonyl (C=O) groups excluding carboxylic acids is 1. The van der Waals surface area contributed by atoms with Crippen LogP contribution in [0.3, 0.4) is 0 Å².